The molecule has 3 atom stereocenters. The average Bonchev–Trinajstić information content (AvgIpc) is 3.23. The molecule has 1 heterocycles. The first-order chi connectivity index (χ1) is 15.4. The maximum Gasteiger partial charge on any atom is 0.318 e. The largest absolute Gasteiger partial charge is 0.376 e. The molecule has 2 fully saturated rings. The zero-order valence-corrected chi connectivity index (χ0v) is 19.6. The van der Waals surface area contributed by atoms with Crippen LogP contribution in [0.1, 0.15) is 73.2 Å². The molecule has 5 nitrogen and oxygen atoms in total. The number of carbonyl (C=O) groups excluding carboxylic acids is 1. The second-order valence-electron chi connectivity index (χ2n) is 9.68. The Morgan fingerprint density at radius 1 is 1.09 bits per heavy atom. The second-order valence-corrected chi connectivity index (χ2v) is 9.68. The summed E-state index contributed by atoms with van der Waals surface area (Å²) in [5.74, 6) is 0.736. The fourth-order valence-corrected chi connectivity index (χ4v) is 4.87. The van der Waals surface area contributed by atoms with Crippen LogP contribution in [0.15, 0.2) is 48.5 Å². The molecule has 0 aromatic heterocycles. The molecule has 2 amide bonds. The van der Waals surface area contributed by atoms with Crippen molar-refractivity contribution in [2.75, 3.05) is 13.6 Å². The van der Waals surface area contributed by atoms with Gasteiger partial charge in [-0.2, -0.15) is 0 Å². The lowest BCUT2D eigenvalue weighted by atomic mass is 9.80. The van der Waals surface area contributed by atoms with Crippen LogP contribution in [-0.4, -0.2) is 46.8 Å². The van der Waals surface area contributed by atoms with Crippen LogP contribution in [-0.2, 0) is 6.54 Å². The monoisotopic (exact) mass is 435 g/mol. The highest BCUT2D eigenvalue weighted by Crippen LogP contribution is 2.36. The molecular formula is C27H37N3O2. The van der Waals surface area contributed by atoms with Crippen molar-refractivity contribution in [1.29, 1.82) is 0 Å². The number of urea groups is 1. The number of benzene rings is 2. The minimum atomic E-state index is -0.691. The van der Waals surface area contributed by atoms with Crippen molar-refractivity contribution >= 4 is 6.03 Å². The summed E-state index contributed by atoms with van der Waals surface area (Å²) in [6.45, 7) is 5.40. The molecule has 0 radical (unpaired) electrons. The van der Waals surface area contributed by atoms with Gasteiger partial charge in [-0.05, 0) is 69.2 Å². The van der Waals surface area contributed by atoms with Crippen molar-refractivity contribution in [2.45, 2.75) is 76.7 Å². The Balaban J connectivity index is 1.34. The third kappa shape index (κ3) is 5.16. The van der Waals surface area contributed by atoms with E-state index in [9.17, 15) is 9.90 Å². The number of aliphatic hydroxyl groups is 1. The Morgan fingerprint density at radius 3 is 2.41 bits per heavy atom. The van der Waals surface area contributed by atoms with Crippen molar-refractivity contribution in [3.63, 3.8) is 0 Å². The molecule has 2 aromatic carbocycles. The fourth-order valence-electron chi connectivity index (χ4n) is 4.87. The molecule has 1 aliphatic heterocycles. The number of nitrogens with one attached hydrogen (secondary N) is 1. The number of hydrogen-bond acceptors (Lipinski definition) is 3. The van der Waals surface area contributed by atoms with E-state index in [-0.39, 0.29) is 18.1 Å². The summed E-state index contributed by atoms with van der Waals surface area (Å²) in [5, 5.41) is 14.2. The summed E-state index contributed by atoms with van der Waals surface area (Å²) in [7, 11) is 1.94. The van der Waals surface area contributed by atoms with Crippen LogP contribution in [0.2, 0.25) is 0 Å². The van der Waals surface area contributed by atoms with Gasteiger partial charge in [0.15, 0.2) is 0 Å². The number of aryl methyl sites for hydroxylation is 1. The second kappa shape index (κ2) is 10.1. The molecule has 2 unspecified atom stereocenters. The van der Waals surface area contributed by atoms with E-state index < -0.39 is 6.23 Å². The molecule has 2 N–H and O–H groups in total. The summed E-state index contributed by atoms with van der Waals surface area (Å²) in [6, 6.07) is 16.7. The van der Waals surface area contributed by atoms with E-state index in [4.69, 9.17) is 0 Å². The predicted octanol–water partition coefficient (Wildman–Crippen LogP) is 4.95. The van der Waals surface area contributed by atoms with Crippen molar-refractivity contribution in [2.24, 2.45) is 0 Å². The van der Waals surface area contributed by atoms with Crippen molar-refractivity contribution < 1.29 is 9.90 Å². The van der Waals surface area contributed by atoms with Crippen molar-refractivity contribution in [1.82, 2.24) is 15.1 Å². The summed E-state index contributed by atoms with van der Waals surface area (Å²) in [5.41, 5.74) is 4.92. The van der Waals surface area contributed by atoms with Gasteiger partial charge < -0.3 is 15.3 Å². The third-order valence-electron chi connectivity index (χ3n) is 7.26. The van der Waals surface area contributed by atoms with E-state index in [2.05, 4.69) is 60.8 Å². The molecule has 0 spiro atoms. The van der Waals surface area contributed by atoms with Gasteiger partial charge in [0, 0.05) is 13.1 Å². The van der Waals surface area contributed by atoms with E-state index in [1.54, 1.807) is 0 Å². The topological polar surface area (TPSA) is 55.8 Å². The number of aliphatic hydroxyl groups excluding tert-OH is 1. The smallest absolute Gasteiger partial charge is 0.318 e. The maximum absolute atomic E-state index is 13.0. The molecule has 0 bridgehead atoms. The van der Waals surface area contributed by atoms with E-state index in [1.165, 1.54) is 36.0 Å². The van der Waals surface area contributed by atoms with Crippen molar-refractivity contribution in [3.8, 4) is 0 Å². The first-order valence-electron chi connectivity index (χ1n) is 12.0. The van der Waals surface area contributed by atoms with Gasteiger partial charge in [0.25, 0.3) is 0 Å². The molecule has 172 valence electrons. The zero-order valence-electron chi connectivity index (χ0n) is 19.6. The summed E-state index contributed by atoms with van der Waals surface area (Å²) in [4.78, 5) is 16.8. The first kappa shape index (κ1) is 22.8. The van der Waals surface area contributed by atoms with Crippen LogP contribution in [0.5, 0.6) is 0 Å². The maximum atomic E-state index is 13.0. The molecule has 5 heteroatoms. The third-order valence-corrected chi connectivity index (χ3v) is 7.26. The summed E-state index contributed by atoms with van der Waals surface area (Å²) < 4.78 is 0. The van der Waals surface area contributed by atoms with Gasteiger partial charge in [-0.15, -0.1) is 0 Å². The lowest BCUT2D eigenvalue weighted by molar-refractivity contribution is -0.0319. The Bertz CT molecular complexity index is 892. The van der Waals surface area contributed by atoms with Crippen LogP contribution in [0.3, 0.4) is 0 Å². The average molecular weight is 436 g/mol. The Hall–Kier alpha value is -2.37. The van der Waals surface area contributed by atoms with Gasteiger partial charge in [0.2, 0.25) is 0 Å². The van der Waals surface area contributed by atoms with Gasteiger partial charge in [-0.3, -0.25) is 4.90 Å². The van der Waals surface area contributed by atoms with Crippen LogP contribution in [0, 0.1) is 6.92 Å². The van der Waals surface area contributed by atoms with Crippen LogP contribution in [0.25, 0.3) is 0 Å². The molecule has 1 saturated carbocycles. The number of carbonyl (C=O) groups is 1. The Morgan fingerprint density at radius 2 is 1.78 bits per heavy atom. The SMILES string of the molecule is Cc1ccc([C@H](C)NC(=O)N2CCCC2C(O)N(C)Cc2ccc(C3CCC3)cc2)cc1. The minimum absolute atomic E-state index is 0.0756. The van der Waals surface area contributed by atoms with Crippen LogP contribution < -0.4 is 5.32 Å². The normalized spacial score (nSPS) is 20.8. The number of hydrogen-bond donors (Lipinski definition) is 2. The highest BCUT2D eigenvalue weighted by Gasteiger charge is 2.36. The number of rotatable bonds is 7. The summed E-state index contributed by atoms with van der Waals surface area (Å²) >= 11 is 0. The number of likely N-dealkylation sites (N-methyl/N-ethyl adjacent to an activating group) is 1. The fraction of sp³-hybridized carbons (Fsp3) is 0.519. The van der Waals surface area contributed by atoms with Gasteiger partial charge in [0.1, 0.15) is 6.23 Å². The van der Waals surface area contributed by atoms with E-state index >= 15 is 0 Å². The van der Waals surface area contributed by atoms with Gasteiger partial charge in [0.05, 0.1) is 12.1 Å². The van der Waals surface area contributed by atoms with Gasteiger partial charge in [-0.25, -0.2) is 4.79 Å². The zero-order chi connectivity index (χ0) is 22.7. The first-order valence-corrected chi connectivity index (χ1v) is 12.0. The highest BCUT2D eigenvalue weighted by molar-refractivity contribution is 5.75. The lowest BCUT2D eigenvalue weighted by Gasteiger charge is -2.34. The molecule has 4 rings (SSSR count). The van der Waals surface area contributed by atoms with E-state index in [1.807, 2.05) is 23.8 Å². The Labute approximate surface area is 192 Å². The number of likely N-dealkylation sites (tertiary alicyclic amines) is 1. The number of nitrogens with zero attached hydrogens (tertiary/aromatic N) is 2. The predicted molar refractivity (Wildman–Crippen MR) is 128 cm³/mol. The minimum Gasteiger partial charge on any atom is -0.376 e. The molecule has 2 aromatic rings. The summed E-state index contributed by atoms with van der Waals surface area (Å²) in [6.07, 6.45) is 5.00. The van der Waals surface area contributed by atoms with Crippen molar-refractivity contribution in [3.05, 3.63) is 70.8 Å². The Kier molecular flexibility index (Phi) is 7.17. The quantitative estimate of drug-likeness (QED) is 0.605. The molecule has 32 heavy (non-hydrogen) atoms. The van der Waals surface area contributed by atoms with Gasteiger partial charge in [-0.1, -0.05) is 60.5 Å². The highest BCUT2D eigenvalue weighted by atomic mass is 16.3. The molecule has 1 saturated heterocycles. The van der Waals surface area contributed by atoms with Crippen LogP contribution >= 0.6 is 0 Å². The van der Waals surface area contributed by atoms with Gasteiger partial charge >= 0.3 is 6.03 Å². The molecule has 1 aliphatic carbocycles. The van der Waals surface area contributed by atoms with E-state index in [0.717, 1.165) is 24.3 Å². The van der Waals surface area contributed by atoms with Crippen LogP contribution in [0.4, 0.5) is 4.79 Å². The molecular weight excluding hydrogens is 398 g/mol. The number of amides is 2. The van der Waals surface area contributed by atoms with E-state index in [0.29, 0.717) is 13.1 Å². The standard InChI is InChI=1S/C27H37N3O2/c1-19-9-13-22(14-10-19)20(2)28-27(32)30-17-5-8-25(30)26(31)29(3)18-21-11-15-24(16-12-21)23-6-4-7-23/h9-16,20,23,25-26,31H,4-8,17-18H2,1-3H3,(H,28,32)/t20-,25?,26?/m0/s1. The molecule has 2 aliphatic rings. The lowest BCUT2D eigenvalue weighted by Crippen LogP contribution is -2.52.